The van der Waals surface area contributed by atoms with Gasteiger partial charge in [0.25, 0.3) is 10.0 Å². The maximum atomic E-state index is 13.8. The Bertz CT molecular complexity index is 618. The molecule has 1 fully saturated rings. The predicted molar refractivity (Wildman–Crippen MR) is 75.6 cm³/mol. The van der Waals surface area contributed by atoms with E-state index in [1.807, 2.05) is 0 Å². The minimum Gasteiger partial charge on any atom is -0.300 e. The Morgan fingerprint density at radius 2 is 2.19 bits per heavy atom. The summed E-state index contributed by atoms with van der Waals surface area (Å²) in [5.41, 5.74) is 0. The summed E-state index contributed by atoms with van der Waals surface area (Å²) in [5, 5.41) is -0.555. The highest BCUT2D eigenvalue weighted by molar-refractivity contribution is 7.89. The predicted octanol–water partition coefficient (Wildman–Crippen LogP) is 2.13. The van der Waals surface area contributed by atoms with Gasteiger partial charge in [-0.2, -0.15) is 4.31 Å². The molecule has 0 spiro atoms. The van der Waals surface area contributed by atoms with Crippen molar-refractivity contribution in [1.82, 2.24) is 9.29 Å². The van der Waals surface area contributed by atoms with Crippen LogP contribution >= 0.6 is 0 Å². The minimum atomic E-state index is -4.02. The van der Waals surface area contributed by atoms with E-state index in [1.54, 1.807) is 0 Å². The van der Waals surface area contributed by atoms with Crippen molar-refractivity contribution in [2.24, 2.45) is 0 Å². The van der Waals surface area contributed by atoms with Crippen molar-refractivity contribution in [2.45, 2.75) is 50.1 Å². The maximum absolute atomic E-state index is 13.8. The molecule has 0 aromatic carbocycles. The van der Waals surface area contributed by atoms with Crippen molar-refractivity contribution in [3.63, 3.8) is 0 Å². The molecular weight excluding hydrogens is 295 g/mol. The molecule has 1 aliphatic heterocycles. The van der Waals surface area contributed by atoms with Crippen LogP contribution in [-0.2, 0) is 14.8 Å². The Morgan fingerprint density at radius 1 is 1.43 bits per heavy atom. The second-order valence-corrected chi connectivity index (χ2v) is 7.12. The van der Waals surface area contributed by atoms with Crippen LogP contribution in [0.25, 0.3) is 0 Å². The van der Waals surface area contributed by atoms with Gasteiger partial charge in [0.2, 0.25) is 5.03 Å². The van der Waals surface area contributed by atoms with Gasteiger partial charge in [0.1, 0.15) is 5.78 Å². The molecule has 1 aromatic rings. The lowest BCUT2D eigenvalue weighted by atomic mass is 10.1. The first-order chi connectivity index (χ1) is 9.93. The fourth-order valence-electron chi connectivity index (χ4n) is 2.68. The van der Waals surface area contributed by atoms with E-state index in [-0.39, 0.29) is 12.2 Å². The number of sulfonamides is 1. The van der Waals surface area contributed by atoms with E-state index >= 15 is 0 Å². The third-order valence-corrected chi connectivity index (χ3v) is 5.51. The van der Waals surface area contributed by atoms with E-state index in [4.69, 9.17) is 0 Å². The molecule has 116 valence electrons. The molecule has 0 aliphatic carbocycles. The van der Waals surface area contributed by atoms with E-state index in [1.165, 1.54) is 23.5 Å². The molecule has 1 aliphatic rings. The van der Waals surface area contributed by atoms with Crippen LogP contribution in [0, 0.1) is 5.82 Å². The smallest absolute Gasteiger partial charge is 0.263 e. The van der Waals surface area contributed by atoms with Crippen molar-refractivity contribution in [3.8, 4) is 0 Å². The van der Waals surface area contributed by atoms with Gasteiger partial charge in [-0.15, -0.1) is 0 Å². The molecule has 0 N–H and O–H groups in total. The average Bonchev–Trinajstić information content (AvgIpc) is 2.64. The number of hydrogen-bond acceptors (Lipinski definition) is 4. The summed E-state index contributed by atoms with van der Waals surface area (Å²) in [6.07, 6.45) is 4.52. The third-order valence-electron chi connectivity index (χ3n) is 3.62. The quantitative estimate of drug-likeness (QED) is 0.854. The van der Waals surface area contributed by atoms with Crippen LogP contribution in [0.15, 0.2) is 23.4 Å². The Labute approximate surface area is 124 Å². The summed E-state index contributed by atoms with van der Waals surface area (Å²) in [6, 6.07) is 2.03. The van der Waals surface area contributed by atoms with Gasteiger partial charge in [0, 0.05) is 25.2 Å². The maximum Gasteiger partial charge on any atom is 0.263 e. The summed E-state index contributed by atoms with van der Waals surface area (Å²) < 4.78 is 40.4. The molecule has 0 bridgehead atoms. The van der Waals surface area contributed by atoms with Gasteiger partial charge in [0.05, 0.1) is 0 Å². The Hall–Kier alpha value is -1.34. The Kier molecular flexibility index (Phi) is 5.05. The summed E-state index contributed by atoms with van der Waals surface area (Å²) in [5.74, 6) is -0.924. The highest BCUT2D eigenvalue weighted by atomic mass is 32.2. The Morgan fingerprint density at radius 3 is 2.86 bits per heavy atom. The molecule has 1 saturated heterocycles. The molecule has 1 unspecified atom stereocenters. The molecular formula is C14H19FN2O3S. The second kappa shape index (κ2) is 6.62. The van der Waals surface area contributed by atoms with Crippen LogP contribution in [-0.4, -0.2) is 36.1 Å². The molecule has 2 rings (SSSR count). The number of Topliss-reactive ketones (excluding diaryl/α,β-unsaturated/α-hetero) is 1. The second-order valence-electron chi connectivity index (χ2n) is 5.32. The molecule has 0 amide bonds. The zero-order valence-electron chi connectivity index (χ0n) is 12.0. The molecule has 0 saturated carbocycles. The van der Waals surface area contributed by atoms with Crippen molar-refractivity contribution in [1.29, 1.82) is 0 Å². The molecule has 1 aromatic heterocycles. The fourth-order valence-corrected chi connectivity index (χ4v) is 4.35. The number of hydrogen-bond donors (Lipinski definition) is 0. The van der Waals surface area contributed by atoms with Gasteiger partial charge in [0.15, 0.2) is 5.82 Å². The van der Waals surface area contributed by atoms with Crippen molar-refractivity contribution < 1.29 is 17.6 Å². The highest BCUT2D eigenvalue weighted by Crippen LogP contribution is 2.26. The van der Waals surface area contributed by atoms with Crippen molar-refractivity contribution >= 4 is 15.8 Å². The number of carbonyl (C=O) groups excluding carboxylic acids is 1. The molecule has 0 radical (unpaired) electrons. The van der Waals surface area contributed by atoms with E-state index < -0.39 is 26.9 Å². The first kappa shape index (κ1) is 16.0. The number of halogens is 1. The van der Waals surface area contributed by atoms with Gasteiger partial charge in [-0.05, 0) is 31.9 Å². The van der Waals surface area contributed by atoms with Crippen LogP contribution in [0.2, 0.25) is 0 Å². The van der Waals surface area contributed by atoms with Gasteiger partial charge in [-0.1, -0.05) is 12.8 Å². The van der Waals surface area contributed by atoms with Gasteiger partial charge >= 0.3 is 0 Å². The fraction of sp³-hybridized carbons (Fsp3) is 0.571. The zero-order valence-corrected chi connectivity index (χ0v) is 12.8. The summed E-state index contributed by atoms with van der Waals surface area (Å²) in [4.78, 5) is 15.1. The van der Waals surface area contributed by atoms with E-state index in [9.17, 15) is 17.6 Å². The molecule has 7 heteroatoms. The first-order valence-electron chi connectivity index (χ1n) is 7.04. The summed E-state index contributed by atoms with van der Waals surface area (Å²) >= 11 is 0. The van der Waals surface area contributed by atoms with E-state index in [2.05, 4.69) is 4.98 Å². The van der Waals surface area contributed by atoms with Gasteiger partial charge in [-0.3, -0.25) is 4.79 Å². The van der Waals surface area contributed by atoms with Gasteiger partial charge in [-0.25, -0.2) is 17.8 Å². The van der Waals surface area contributed by atoms with E-state index in [0.29, 0.717) is 19.4 Å². The molecule has 21 heavy (non-hydrogen) atoms. The lowest BCUT2D eigenvalue weighted by molar-refractivity contribution is -0.117. The number of nitrogens with zero attached hydrogens (tertiary/aromatic N) is 2. The monoisotopic (exact) mass is 314 g/mol. The minimum absolute atomic E-state index is 0.0661. The molecule has 5 nitrogen and oxygen atoms in total. The van der Waals surface area contributed by atoms with Crippen molar-refractivity contribution in [2.75, 3.05) is 6.54 Å². The largest absolute Gasteiger partial charge is 0.300 e. The highest BCUT2D eigenvalue weighted by Gasteiger charge is 2.35. The normalized spacial score (nSPS) is 21.0. The van der Waals surface area contributed by atoms with E-state index in [0.717, 1.165) is 18.9 Å². The number of aromatic nitrogens is 1. The topological polar surface area (TPSA) is 67.3 Å². The Balaban J connectivity index is 2.39. The number of carbonyl (C=O) groups is 1. The average molecular weight is 314 g/mol. The summed E-state index contributed by atoms with van der Waals surface area (Å²) in [7, 11) is -4.02. The lowest BCUT2D eigenvalue weighted by Crippen LogP contribution is -2.41. The lowest BCUT2D eigenvalue weighted by Gasteiger charge is -2.28. The van der Waals surface area contributed by atoms with Crippen molar-refractivity contribution in [3.05, 3.63) is 24.1 Å². The van der Waals surface area contributed by atoms with Gasteiger partial charge < -0.3 is 0 Å². The molecule has 1 atom stereocenters. The molecule has 2 heterocycles. The third kappa shape index (κ3) is 3.65. The van der Waals surface area contributed by atoms with Crippen LogP contribution in [0.4, 0.5) is 4.39 Å². The summed E-state index contributed by atoms with van der Waals surface area (Å²) in [6.45, 7) is 1.74. The first-order valence-corrected chi connectivity index (χ1v) is 8.48. The standard InChI is InChI=1S/C14H19FN2O3S/c1-11(18)10-12-6-3-2-4-9-17(12)21(19,20)14-13(15)7-5-8-16-14/h5,7-8,12H,2-4,6,9-10H2,1H3. The van der Waals surface area contributed by atoms with Crippen LogP contribution in [0.5, 0.6) is 0 Å². The number of pyridine rings is 1. The zero-order chi connectivity index (χ0) is 15.5. The SMILES string of the molecule is CC(=O)CC1CCCCCN1S(=O)(=O)c1ncccc1F. The number of ketones is 1. The van der Waals surface area contributed by atoms with Crippen LogP contribution in [0.1, 0.15) is 39.0 Å². The van der Waals surface area contributed by atoms with Crippen LogP contribution < -0.4 is 0 Å². The van der Waals surface area contributed by atoms with Crippen LogP contribution in [0.3, 0.4) is 0 Å². The number of rotatable bonds is 4.